The number of carbonyl (C=O) groups is 3. The fourth-order valence-electron chi connectivity index (χ4n) is 3.49. The molecule has 3 unspecified atom stereocenters. The summed E-state index contributed by atoms with van der Waals surface area (Å²) in [6.45, 7) is 7.40. The number of carboxylic acid groups (broad SMARTS) is 1. The van der Waals surface area contributed by atoms with Crippen LogP contribution in [0.15, 0.2) is 11.6 Å². The SMILES string of the molecule is CC1=CC(=O)N(C2CCC(C(=O)O)C(C)(C)C2C)C1=O. The maximum absolute atomic E-state index is 12.1. The van der Waals surface area contributed by atoms with Crippen LogP contribution in [0.2, 0.25) is 0 Å². The van der Waals surface area contributed by atoms with Gasteiger partial charge in [-0.3, -0.25) is 19.3 Å². The van der Waals surface area contributed by atoms with Crippen molar-refractivity contribution in [2.75, 3.05) is 0 Å². The minimum absolute atomic E-state index is 0.0513. The van der Waals surface area contributed by atoms with Crippen molar-refractivity contribution < 1.29 is 19.5 Å². The maximum atomic E-state index is 12.1. The standard InChI is InChI=1S/C15H21NO4/c1-8-7-12(17)16(13(8)18)11-6-5-10(14(19)20)15(3,4)9(11)2/h7,9-11H,5-6H2,1-4H3,(H,19,20). The molecule has 1 fully saturated rings. The Morgan fingerprint density at radius 2 is 1.95 bits per heavy atom. The molecular weight excluding hydrogens is 258 g/mol. The van der Waals surface area contributed by atoms with Crippen LogP contribution < -0.4 is 0 Å². The van der Waals surface area contributed by atoms with E-state index in [4.69, 9.17) is 0 Å². The highest BCUT2D eigenvalue weighted by atomic mass is 16.4. The number of carbonyl (C=O) groups excluding carboxylic acids is 2. The lowest BCUT2D eigenvalue weighted by Gasteiger charge is -2.48. The van der Waals surface area contributed by atoms with Gasteiger partial charge in [0.2, 0.25) is 0 Å². The monoisotopic (exact) mass is 279 g/mol. The van der Waals surface area contributed by atoms with Crippen molar-refractivity contribution in [3.8, 4) is 0 Å². The van der Waals surface area contributed by atoms with Crippen LogP contribution >= 0.6 is 0 Å². The number of amides is 2. The molecule has 2 rings (SSSR count). The van der Waals surface area contributed by atoms with E-state index in [0.29, 0.717) is 18.4 Å². The third-order valence-corrected chi connectivity index (χ3v) is 5.16. The van der Waals surface area contributed by atoms with Crippen LogP contribution in [0.25, 0.3) is 0 Å². The zero-order chi connectivity index (χ0) is 15.2. The first-order chi connectivity index (χ1) is 9.17. The highest BCUT2D eigenvalue weighted by molar-refractivity contribution is 6.16. The fraction of sp³-hybridized carbons (Fsp3) is 0.667. The second kappa shape index (κ2) is 4.72. The highest BCUT2D eigenvalue weighted by Gasteiger charge is 2.50. The average Bonchev–Trinajstić information content (AvgIpc) is 2.57. The van der Waals surface area contributed by atoms with Crippen LogP contribution in [-0.4, -0.2) is 33.8 Å². The molecule has 110 valence electrons. The van der Waals surface area contributed by atoms with E-state index in [2.05, 4.69) is 0 Å². The van der Waals surface area contributed by atoms with Gasteiger partial charge in [-0.15, -0.1) is 0 Å². The molecule has 2 amide bonds. The van der Waals surface area contributed by atoms with Crippen LogP contribution in [0, 0.1) is 17.3 Å². The maximum Gasteiger partial charge on any atom is 0.307 e. The van der Waals surface area contributed by atoms with Gasteiger partial charge in [-0.1, -0.05) is 20.8 Å². The van der Waals surface area contributed by atoms with Crippen molar-refractivity contribution >= 4 is 17.8 Å². The summed E-state index contributed by atoms with van der Waals surface area (Å²) in [5.74, 6) is -1.79. The van der Waals surface area contributed by atoms with E-state index in [9.17, 15) is 19.5 Å². The zero-order valence-electron chi connectivity index (χ0n) is 12.3. The molecule has 3 atom stereocenters. The summed E-state index contributed by atoms with van der Waals surface area (Å²) in [4.78, 5) is 36.8. The van der Waals surface area contributed by atoms with E-state index in [-0.39, 0.29) is 23.8 Å². The Bertz CT molecular complexity index is 506. The molecule has 5 heteroatoms. The Labute approximate surface area is 118 Å². The third kappa shape index (κ3) is 2.05. The van der Waals surface area contributed by atoms with E-state index in [1.54, 1.807) is 6.92 Å². The average molecular weight is 279 g/mol. The van der Waals surface area contributed by atoms with E-state index >= 15 is 0 Å². The van der Waals surface area contributed by atoms with Gasteiger partial charge in [-0.2, -0.15) is 0 Å². The van der Waals surface area contributed by atoms with Gasteiger partial charge in [0.15, 0.2) is 0 Å². The Kier molecular flexibility index (Phi) is 3.48. The van der Waals surface area contributed by atoms with Gasteiger partial charge >= 0.3 is 5.97 Å². The van der Waals surface area contributed by atoms with Gasteiger partial charge < -0.3 is 5.11 Å². The topological polar surface area (TPSA) is 74.7 Å². The van der Waals surface area contributed by atoms with Gasteiger partial charge in [0.1, 0.15) is 0 Å². The second-order valence-electron chi connectivity index (χ2n) is 6.49. The molecule has 0 bridgehead atoms. The van der Waals surface area contributed by atoms with E-state index in [0.717, 1.165) is 0 Å². The Hall–Kier alpha value is -1.65. The van der Waals surface area contributed by atoms with Gasteiger partial charge in [0, 0.05) is 17.7 Å². The van der Waals surface area contributed by atoms with Crippen molar-refractivity contribution in [3.63, 3.8) is 0 Å². The van der Waals surface area contributed by atoms with Crippen LogP contribution in [0.3, 0.4) is 0 Å². The molecule has 20 heavy (non-hydrogen) atoms. The molecule has 0 aromatic rings. The number of aliphatic carboxylic acids is 1. The van der Waals surface area contributed by atoms with E-state index in [1.165, 1.54) is 11.0 Å². The lowest BCUT2D eigenvalue weighted by Crippen LogP contribution is -2.54. The smallest absolute Gasteiger partial charge is 0.307 e. The van der Waals surface area contributed by atoms with Crippen molar-refractivity contribution in [1.29, 1.82) is 0 Å². The number of carboxylic acids is 1. The summed E-state index contributed by atoms with van der Waals surface area (Å²) in [6, 6.07) is -0.214. The molecule has 5 nitrogen and oxygen atoms in total. The molecule has 2 aliphatic rings. The van der Waals surface area contributed by atoms with Crippen molar-refractivity contribution in [2.24, 2.45) is 17.3 Å². The van der Waals surface area contributed by atoms with E-state index < -0.39 is 17.3 Å². The summed E-state index contributed by atoms with van der Waals surface area (Å²) in [5.41, 5.74) is 0.00610. The Morgan fingerprint density at radius 3 is 2.40 bits per heavy atom. The summed E-state index contributed by atoms with van der Waals surface area (Å²) < 4.78 is 0. The van der Waals surface area contributed by atoms with Crippen LogP contribution in [0.4, 0.5) is 0 Å². The van der Waals surface area contributed by atoms with Crippen molar-refractivity contribution in [2.45, 2.75) is 46.6 Å². The molecule has 1 aliphatic carbocycles. The van der Waals surface area contributed by atoms with Gasteiger partial charge in [0.25, 0.3) is 11.8 Å². The minimum atomic E-state index is -0.798. The summed E-state index contributed by atoms with van der Waals surface area (Å²) in [5, 5.41) is 9.33. The molecular formula is C15H21NO4. The molecule has 1 aliphatic heterocycles. The predicted molar refractivity (Wildman–Crippen MR) is 72.7 cm³/mol. The molecule has 0 saturated heterocycles. The second-order valence-corrected chi connectivity index (χ2v) is 6.49. The molecule has 0 radical (unpaired) electrons. The zero-order valence-corrected chi connectivity index (χ0v) is 12.3. The molecule has 1 N–H and O–H groups in total. The van der Waals surface area contributed by atoms with Crippen LogP contribution in [0.1, 0.15) is 40.5 Å². The summed E-state index contributed by atoms with van der Waals surface area (Å²) >= 11 is 0. The molecule has 0 aromatic carbocycles. The quantitative estimate of drug-likeness (QED) is 0.782. The lowest BCUT2D eigenvalue weighted by molar-refractivity contribution is -0.154. The van der Waals surface area contributed by atoms with Crippen LogP contribution in [-0.2, 0) is 14.4 Å². The molecule has 1 saturated carbocycles. The number of hydrogen-bond donors (Lipinski definition) is 1. The molecule has 0 spiro atoms. The summed E-state index contributed by atoms with van der Waals surface area (Å²) in [6.07, 6.45) is 2.42. The summed E-state index contributed by atoms with van der Waals surface area (Å²) in [7, 11) is 0. The Balaban J connectivity index is 2.27. The first-order valence-electron chi connectivity index (χ1n) is 6.96. The highest BCUT2D eigenvalue weighted by Crippen LogP contribution is 2.47. The third-order valence-electron chi connectivity index (χ3n) is 5.16. The van der Waals surface area contributed by atoms with Gasteiger partial charge in [0.05, 0.1) is 5.92 Å². The molecule has 1 heterocycles. The van der Waals surface area contributed by atoms with Crippen LogP contribution in [0.5, 0.6) is 0 Å². The fourth-order valence-corrected chi connectivity index (χ4v) is 3.49. The predicted octanol–water partition coefficient (Wildman–Crippen LogP) is 1.83. The number of rotatable bonds is 2. The van der Waals surface area contributed by atoms with Gasteiger partial charge in [-0.25, -0.2) is 0 Å². The molecule has 0 aromatic heterocycles. The van der Waals surface area contributed by atoms with E-state index in [1.807, 2.05) is 20.8 Å². The minimum Gasteiger partial charge on any atom is -0.481 e. The first-order valence-corrected chi connectivity index (χ1v) is 6.96. The number of imide groups is 1. The first kappa shape index (κ1) is 14.8. The van der Waals surface area contributed by atoms with Gasteiger partial charge in [-0.05, 0) is 31.1 Å². The largest absolute Gasteiger partial charge is 0.481 e. The van der Waals surface area contributed by atoms with Crippen molar-refractivity contribution in [3.05, 3.63) is 11.6 Å². The number of hydrogen-bond acceptors (Lipinski definition) is 3. The van der Waals surface area contributed by atoms with Crippen molar-refractivity contribution in [1.82, 2.24) is 4.90 Å². The Morgan fingerprint density at radius 1 is 1.35 bits per heavy atom. The lowest BCUT2D eigenvalue weighted by atomic mass is 9.60. The number of nitrogens with zero attached hydrogens (tertiary/aromatic N) is 1. The normalized spacial score (nSPS) is 33.3.